The Morgan fingerprint density at radius 3 is 2.34 bits per heavy atom. The Hall–Kier alpha value is -4.02. The van der Waals surface area contributed by atoms with Gasteiger partial charge in [-0.25, -0.2) is 14.2 Å². The van der Waals surface area contributed by atoms with Gasteiger partial charge < -0.3 is 18.9 Å². The van der Waals surface area contributed by atoms with Crippen molar-refractivity contribution in [1.82, 2.24) is 9.13 Å². The molecular formula is C25H24N2O8. The fourth-order valence-electron chi connectivity index (χ4n) is 3.67. The van der Waals surface area contributed by atoms with Gasteiger partial charge in [0, 0.05) is 19.2 Å². The third kappa shape index (κ3) is 5.92. The zero-order valence-corrected chi connectivity index (χ0v) is 18.9. The molecule has 0 aliphatic carbocycles. The van der Waals surface area contributed by atoms with Gasteiger partial charge in [0.25, 0.3) is 5.56 Å². The second-order valence-electron chi connectivity index (χ2n) is 7.85. The number of aromatic nitrogens is 2. The van der Waals surface area contributed by atoms with Crippen LogP contribution in [0.15, 0.2) is 82.5 Å². The number of benzene rings is 2. The predicted molar refractivity (Wildman–Crippen MR) is 122 cm³/mol. The second kappa shape index (κ2) is 10.9. The van der Waals surface area contributed by atoms with Crippen molar-refractivity contribution in [1.29, 1.82) is 0 Å². The minimum absolute atomic E-state index is 0.0128. The highest BCUT2D eigenvalue weighted by atomic mass is 16.7. The van der Waals surface area contributed by atoms with Gasteiger partial charge in [-0.1, -0.05) is 48.5 Å². The Morgan fingerprint density at radius 1 is 0.971 bits per heavy atom. The predicted octanol–water partition coefficient (Wildman–Crippen LogP) is 2.22. The third-order valence-corrected chi connectivity index (χ3v) is 5.30. The summed E-state index contributed by atoms with van der Waals surface area (Å²) in [5, 5.41) is 0. The third-order valence-electron chi connectivity index (χ3n) is 5.30. The molecule has 1 aromatic heterocycles. The van der Waals surface area contributed by atoms with Crippen LogP contribution in [0, 0.1) is 0 Å². The van der Waals surface area contributed by atoms with E-state index in [0.717, 1.165) is 14.7 Å². The van der Waals surface area contributed by atoms with E-state index >= 15 is 0 Å². The highest BCUT2D eigenvalue weighted by Gasteiger charge is 2.42. The fourth-order valence-corrected chi connectivity index (χ4v) is 3.67. The van der Waals surface area contributed by atoms with Gasteiger partial charge in [-0.15, -0.1) is 0 Å². The minimum Gasteiger partial charge on any atom is -0.454 e. The van der Waals surface area contributed by atoms with Crippen LogP contribution in [0.4, 0.5) is 0 Å². The lowest BCUT2D eigenvalue weighted by atomic mass is 10.2. The quantitative estimate of drug-likeness (QED) is 0.451. The van der Waals surface area contributed by atoms with E-state index in [4.69, 9.17) is 18.9 Å². The molecule has 35 heavy (non-hydrogen) atoms. The van der Waals surface area contributed by atoms with Gasteiger partial charge in [-0.3, -0.25) is 14.2 Å². The first kappa shape index (κ1) is 24.1. The number of esters is 2. The van der Waals surface area contributed by atoms with Crippen molar-refractivity contribution in [2.24, 2.45) is 0 Å². The lowest BCUT2D eigenvalue weighted by molar-refractivity contribution is -0.180. The molecule has 0 amide bonds. The van der Waals surface area contributed by atoms with Crippen molar-refractivity contribution in [3.63, 3.8) is 0 Å². The zero-order chi connectivity index (χ0) is 24.8. The first-order valence-electron chi connectivity index (χ1n) is 10.9. The summed E-state index contributed by atoms with van der Waals surface area (Å²) in [4.78, 5) is 49.6. The number of carbonyl (C=O) groups is 2. The maximum absolute atomic E-state index is 13.2. The van der Waals surface area contributed by atoms with Gasteiger partial charge in [0.05, 0.1) is 18.6 Å². The molecule has 2 aromatic carbocycles. The van der Waals surface area contributed by atoms with Crippen LogP contribution in [0.1, 0.15) is 35.5 Å². The summed E-state index contributed by atoms with van der Waals surface area (Å²) in [5.41, 5.74) is -0.0895. The zero-order valence-electron chi connectivity index (χ0n) is 18.9. The topological polar surface area (TPSA) is 115 Å². The monoisotopic (exact) mass is 480 g/mol. The van der Waals surface area contributed by atoms with Gasteiger partial charge in [0.2, 0.25) is 6.29 Å². The van der Waals surface area contributed by atoms with Gasteiger partial charge in [-0.05, 0) is 17.7 Å². The largest absolute Gasteiger partial charge is 0.454 e. The van der Waals surface area contributed by atoms with E-state index in [0.29, 0.717) is 5.56 Å². The van der Waals surface area contributed by atoms with E-state index in [1.807, 2.05) is 30.3 Å². The van der Waals surface area contributed by atoms with Crippen molar-refractivity contribution in [2.45, 2.75) is 45.3 Å². The molecular weight excluding hydrogens is 456 g/mol. The summed E-state index contributed by atoms with van der Waals surface area (Å²) in [7, 11) is 0. The highest BCUT2D eigenvalue weighted by molar-refractivity contribution is 5.89. The summed E-state index contributed by atoms with van der Waals surface area (Å²) in [6.07, 6.45) is -1.85. The van der Waals surface area contributed by atoms with Crippen LogP contribution in [-0.4, -0.2) is 33.5 Å². The first-order chi connectivity index (χ1) is 16.9. The van der Waals surface area contributed by atoms with E-state index in [1.165, 1.54) is 19.2 Å². The Labute approximate surface area is 200 Å². The van der Waals surface area contributed by atoms with Gasteiger partial charge in [0.1, 0.15) is 6.73 Å². The molecule has 0 unspecified atom stereocenters. The molecule has 182 valence electrons. The van der Waals surface area contributed by atoms with Crippen molar-refractivity contribution in [3.8, 4) is 0 Å². The fraction of sp³-hybridized carbons (Fsp3) is 0.280. The van der Waals surface area contributed by atoms with E-state index < -0.39 is 41.8 Å². The molecule has 0 N–H and O–H groups in total. The van der Waals surface area contributed by atoms with Crippen LogP contribution in [-0.2, 0) is 37.1 Å². The van der Waals surface area contributed by atoms with Crippen LogP contribution in [0.25, 0.3) is 0 Å². The van der Waals surface area contributed by atoms with E-state index in [9.17, 15) is 19.2 Å². The SMILES string of the molecule is CC(=O)O[C@@H]1C[C@@H](OC(=O)c2ccccc2)[C@H](n2ccc(=O)n(COCc3ccccc3)c2=O)O1. The lowest BCUT2D eigenvalue weighted by Gasteiger charge is -2.21. The number of rotatable bonds is 8. The van der Waals surface area contributed by atoms with Gasteiger partial charge in [0.15, 0.2) is 12.3 Å². The van der Waals surface area contributed by atoms with Crippen molar-refractivity contribution in [3.05, 3.63) is 105 Å². The number of carbonyl (C=O) groups excluding carboxylic acids is 2. The number of nitrogens with zero attached hydrogens (tertiary/aromatic N) is 2. The van der Waals surface area contributed by atoms with Gasteiger partial charge in [-0.2, -0.15) is 0 Å². The normalized spacial score (nSPS) is 19.3. The van der Waals surface area contributed by atoms with Crippen LogP contribution < -0.4 is 11.2 Å². The number of hydrogen-bond acceptors (Lipinski definition) is 8. The standard InChI is InChI=1S/C25H24N2O8/c1-17(28)33-22-14-20(34-24(30)19-10-6-3-7-11-19)23(35-22)26-13-12-21(29)27(25(26)31)16-32-15-18-8-4-2-5-9-18/h2-13,20,22-23H,14-16H2,1H3/t20-,22+,23-/m1/s1. The summed E-state index contributed by atoms with van der Waals surface area (Å²) >= 11 is 0. The first-order valence-corrected chi connectivity index (χ1v) is 10.9. The lowest BCUT2D eigenvalue weighted by Crippen LogP contribution is -2.43. The maximum atomic E-state index is 13.2. The molecule has 0 spiro atoms. The van der Waals surface area contributed by atoms with E-state index in [2.05, 4.69) is 0 Å². The van der Waals surface area contributed by atoms with Crippen molar-refractivity contribution >= 4 is 11.9 Å². The van der Waals surface area contributed by atoms with E-state index in [1.54, 1.807) is 30.3 Å². The summed E-state index contributed by atoms with van der Waals surface area (Å²) < 4.78 is 24.1. The molecule has 3 atom stereocenters. The van der Waals surface area contributed by atoms with E-state index in [-0.39, 0.29) is 19.8 Å². The Kier molecular flexibility index (Phi) is 7.54. The molecule has 3 aromatic rings. The molecule has 1 aliphatic heterocycles. The second-order valence-corrected chi connectivity index (χ2v) is 7.85. The number of hydrogen-bond donors (Lipinski definition) is 0. The molecule has 10 heteroatoms. The van der Waals surface area contributed by atoms with Gasteiger partial charge >= 0.3 is 17.6 Å². The molecule has 1 saturated heterocycles. The Morgan fingerprint density at radius 2 is 1.66 bits per heavy atom. The van der Waals surface area contributed by atoms with Crippen LogP contribution in [0.3, 0.4) is 0 Å². The summed E-state index contributed by atoms with van der Waals surface area (Å²) in [6.45, 7) is 1.13. The average molecular weight is 480 g/mol. The maximum Gasteiger partial charge on any atom is 0.338 e. The number of ether oxygens (including phenoxy) is 4. The van der Waals surface area contributed by atoms with Crippen LogP contribution in [0.5, 0.6) is 0 Å². The van der Waals surface area contributed by atoms with Crippen molar-refractivity contribution < 1.29 is 28.5 Å². The molecule has 10 nitrogen and oxygen atoms in total. The molecule has 0 radical (unpaired) electrons. The van der Waals surface area contributed by atoms with Crippen LogP contribution in [0.2, 0.25) is 0 Å². The average Bonchev–Trinajstić information content (AvgIpc) is 3.23. The minimum atomic E-state index is -1.12. The molecule has 0 bridgehead atoms. The summed E-state index contributed by atoms with van der Waals surface area (Å²) in [6, 6.07) is 18.8. The highest BCUT2D eigenvalue weighted by Crippen LogP contribution is 2.31. The molecule has 0 saturated carbocycles. The molecule has 1 fully saturated rings. The molecule has 2 heterocycles. The molecule has 4 rings (SSSR count). The summed E-state index contributed by atoms with van der Waals surface area (Å²) in [5.74, 6) is -1.21. The smallest absolute Gasteiger partial charge is 0.338 e. The van der Waals surface area contributed by atoms with Crippen molar-refractivity contribution in [2.75, 3.05) is 0 Å². The molecule has 1 aliphatic rings. The Bertz CT molecular complexity index is 1290. The van der Waals surface area contributed by atoms with Crippen LogP contribution >= 0.6 is 0 Å². The Balaban J connectivity index is 1.56.